The standard InChI is InChI=1S/C54H68FN11O5/c1-7-45(37-19-13-12-14-20-37)62-52(70)46-26-42(34-65(46)53(71)49(54(3,4)5)63-51(69)35(2)56-6)61-47(67)22-15-10-8-9-11-16-23-48(68)66-33-39(28-60-66)38-25-43-44(30-58-50(43)57-27-38)40-29-59-64(32-40)31-36-18-17-21-41(55)24-36/h12-14,17-21,24-25,27-30,32-33,35,42,45-46,49,56H,7-11,15-16,22-23,26,31,34H2,1-6H3,(H,57,58)(H,61,67)(H,62,70)(H,63,69)/t35-,42?,45+,46-,49+/m0/s1. The average Bonchev–Trinajstić information content (AvgIpc) is 4.20. The Morgan fingerprint density at radius 1 is 0.845 bits per heavy atom. The number of pyridine rings is 1. The van der Waals surface area contributed by atoms with E-state index in [1.807, 2.05) is 82.6 Å². The molecule has 17 heteroatoms. The molecule has 0 bridgehead atoms. The third-order valence-electron chi connectivity index (χ3n) is 13.3. The second-order valence-corrected chi connectivity index (χ2v) is 19.8. The van der Waals surface area contributed by atoms with Crippen molar-refractivity contribution >= 4 is 40.6 Å². The Hall–Kier alpha value is -7.01. The Balaban J connectivity index is 0.855. The maximum Gasteiger partial charge on any atom is 0.246 e. The number of unbranched alkanes of at least 4 members (excludes halogenated alkanes) is 5. The summed E-state index contributed by atoms with van der Waals surface area (Å²) in [5.74, 6) is -1.50. The van der Waals surface area contributed by atoms with Crippen LogP contribution < -0.4 is 21.3 Å². The topological polar surface area (TPSA) is 201 Å². The minimum Gasteiger partial charge on any atom is -0.351 e. The number of nitrogens with zero attached hydrogens (tertiary/aromatic N) is 6. The monoisotopic (exact) mass is 970 g/mol. The van der Waals surface area contributed by atoms with Crippen molar-refractivity contribution in [2.45, 2.75) is 136 Å². The summed E-state index contributed by atoms with van der Waals surface area (Å²) in [4.78, 5) is 77.2. The van der Waals surface area contributed by atoms with Gasteiger partial charge in [-0.2, -0.15) is 10.2 Å². The predicted octanol–water partition coefficient (Wildman–Crippen LogP) is 7.73. The Labute approximate surface area is 414 Å². The zero-order valence-corrected chi connectivity index (χ0v) is 41.7. The number of aromatic nitrogens is 6. The number of nitrogens with one attached hydrogen (secondary N) is 5. The molecule has 1 unspecified atom stereocenters. The van der Waals surface area contributed by atoms with Crippen LogP contribution in [0.15, 0.2) is 97.8 Å². The van der Waals surface area contributed by atoms with Crippen LogP contribution in [0, 0.1) is 11.2 Å². The largest absolute Gasteiger partial charge is 0.351 e. The summed E-state index contributed by atoms with van der Waals surface area (Å²) >= 11 is 0. The third-order valence-corrected chi connectivity index (χ3v) is 13.3. The fraction of sp³-hybridized carbons (Fsp3) is 0.444. The van der Waals surface area contributed by atoms with E-state index in [1.165, 1.54) is 21.7 Å². The van der Waals surface area contributed by atoms with Crippen molar-refractivity contribution in [2.24, 2.45) is 5.41 Å². The molecule has 4 aromatic heterocycles. The van der Waals surface area contributed by atoms with Crippen molar-refractivity contribution in [1.29, 1.82) is 0 Å². The molecule has 2 aromatic carbocycles. The predicted molar refractivity (Wildman–Crippen MR) is 271 cm³/mol. The third kappa shape index (κ3) is 13.4. The van der Waals surface area contributed by atoms with Gasteiger partial charge in [-0.25, -0.2) is 14.1 Å². The zero-order chi connectivity index (χ0) is 50.7. The number of rotatable bonds is 22. The van der Waals surface area contributed by atoms with Gasteiger partial charge in [-0.3, -0.25) is 28.7 Å². The fourth-order valence-electron chi connectivity index (χ4n) is 9.12. The number of likely N-dealkylation sites (tertiary alicyclic amines) is 1. The number of H-pyrrole nitrogens is 1. The van der Waals surface area contributed by atoms with E-state index in [0.717, 1.165) is 64.5 Å². The van der Waals surface area contributed by atoms with Gasteiger partial charge in [-0.1, -0.05) is 95.8 Å². The van der Waals surface area contributed by atoms with Crippen LogP contribution in [0.25, 0.3) is 33.3 Å². The van der Waals surface area contributed by atoms with Gasteiger partial charge < -0.3 is 31.2 Å². The molecule has 376 valence electrons. The number of amides is 4. The van der Waals surface area contributed by atoms with Crippen LogP contribution in [0.1, 0.15) is 121 Å². The molecule has 0 spiro atoms. The summed E-state index contributed by atoms with van der Waals surface area (Å²) in [5.41, 5.74) is 5.24. The molecule has 0 saturated carbocycles. The highest BCUT2D eigenvalue weighted by molar-refractivity contribution is 5.96. The number of likely N-dealkylation sites (N-methyl/N-ethyl adjacent to an activating group) is 1. The number of carbonyl (C=O) groups excluding carboxylic acids is 5. The van der Waals surface area contributed by atoms with Crippen LogP contribution in [-0.2, 0) is 25.7 Å². The summed E-state index contributed by atoms with van der Waals surface area (Å²) < 4.78 is 16.9. The van der Waals surface area contributed by atoms with Crippen molar-refractivity contribution in [1.82, 2.24) is 55.7 Å². The lowest BCUT2D eigenvalue weighted by atomic mass is 9.85. The Kier molecular flexibility index (Phi) is 17.3. The van der Waals surface area contributed by atoms with Crippen molar-refractivity contribution in [3.8, 4) is 22.3 Å². The highest BCUT2D eigenvalue weighted by Crippen LogP contribution is 2.32. The molecule has 1 saturated heterocycles. The normalized spacial score (nSPS) is 16.1. The summed E-state index contributed by atoms with van der Waals surface area (Å²) in [7, 11) is 1.67. The van der Waals surface area contributed by atoms with E-state index in [2.05, 4.69) is 41.4 Å². The van der Waals surface area contributed by atoms with Crippen LogP contribution in [0.4, 0.5) is 4.39 Å². The van der Waals surface area contributed by atoms with Gasteiger partial charge in [0.05, 0.1) is 31.0 Å². The van der Waals surface area contributed by atoms with Crippen molar-refractivity contribution in [3.63, 3.8) is 0 Å². The molecule has 1 aliphatic rings. The summed E-state index contributed by atoms with van der Waals surface area (Å²) in [6, 6.07) is 15.2. The van der Waals surface area contributed by atoms with Crippen LogP contribution in [0.5, 0.6) is 0 Å². The molecule has 1 fully saturated rings. The van der Waals surface area contributed by atoms with Crippen molar-refractivity contribution in [3.05, 3.63) is 115 Å². The SMILES string of the molecule is CC[C@@H](NC(=O)[C@@H]1CC(NC(=O)CCCCCCCCC(=O)n2cc(-c3cnc4[nH]cc(-c5cnn(Cc6cccc(F)c6)c5)c4c3)cn2)CN1C(=O)[C@@H](NC(=O)[C@H](C)NC)C(C)(C)C)c1ccccc1. The fourth-order valence-corrected chi connectivity index (χ4v) is 9.12. The van der Waals surface area contributed by atoms with E-state index in [-0.39, 0.29) is 54.4 Å². The molecule has 6 aromatic rings. The van der Waals surface area contributed by atoms with Crippen LogP contribution >= 0.6 is 0 Å². The number of hydrogen-bond donors (Lipinski definition) is 5. The van der Waals surface area contributed by atoms with Gasteiger partial charge in [0.15, 0.2) is 0 Å². The van der Waals surface area contributed by atoms with E-state index in [0.29, 0.717) is 44.3 Å². The highest BCUT2D eigenvalue weighted by Gasteiger charge is 2.45. The number of halogens is 1. The molecular formula is C54H68FN11O5. The second kappa shape index (κ2) is 23.7. The Morgan fingerprint density at radius 2 is 1.58 bits per heavy atom. The summed E-state index contributed by atoms with van der Waals surface area (Å²) in [5, 5.41) is 21.8. The van der Waals surface area contributed by atoms with Crippen LogP contribution in [0.3, 0.4) is 0 Å². The van der Waals surface area contributed by atoms with E-state index < -0.39 is 29.6 Å². The lowest BCUT2D eigenvalue weighted by molar-refractivity contribution is -0.144. The maximum atomic E-state index is 14.4. The molecule has 0 radical (unpaired) electrons. The summed E-state index contributed by atoms with van der Waals surface area (Å²) in [6.07, 6.45) is 17.2. The molecule has 0 aliphatic carbocycles. The number of fused-ring (bicyclic) bond motifs is 1. The van der Waals surface area contributed by atoms with Gasteiger partial charge in [0.2, 0.25) is 29.5 Å². The summed E-state index contributed by atoms with van der Waals surface area (Å²) in [6.45, 7) is 9.93. The molecular weight excluding hydrogens is 902 g/mol. The van der Waals surface area contributed by atoms with Crippen LogP contribution in [0.2, 0.25) is 0 Å². The molecule has 5 atom stereocenters. The molecule has 5 N–H and O–H groups in total. The second-order valence-electron chi connectivity index (χ2n) is 19.8. The van der Waals surface area contributed by atoms with Gasteiger partial charge in [0.25, 0.3) is 0 Å². The first-order valence-corrected chi connectivity index (χ1v) is 24.9. The zero-order valence-electron chi connectivity index (χ0n) is 41.7. The van der Waals surface area contributed by atoms with E-state index in [1.54, 1.807) is 49.5 Å². The smallest absolute Gasteiger partial charge is 0.246 e. The molecule has 4 amide bonds. The van der Waals surface area contributed by atoms with Gasteiger partial charge in [0, 0.05) is 77.9 Å². The average molecular weight is 970 g/mol. The number of benzene rings is 2. The molecule has 16 nitrogen and oxygen atoms in total. The minimum absolute atomic E-state index is 0.0923. The first kappa shape index (κ1) is 51.8. The maximum absolute atomic E-state index is 14.4. The molecule has 7 rings (SSSR count). The van der Waals surface area contributed by atoms with Gasteiger partial charge in [0.1, 0.15) is 23.5 Å². The number of aromatic amines is 1. The first-order valence-electron chi connectivity index (χ1n) is 24.9. The Bertz CT molecular complexity index is 2780. The van der Waals surface area contributed by atoms with Gasteiger partial charge >= 0.3 is 0 Å². The van der Waals surface area contributed by atoms with Crippen LogP contribution in [-0.4, -0.2) is 102 Å². The molecule has 5 heterocycles. The number of hydrogen-bond acceptors (Lipinski definition) is 9. The molecule has 1 aliphatic heterocycles. The lowest BCUT2D eigenvalue weighted by Crippen LogP contribution is -2.59. The van der Waals surface area contributed by atoms with E-state index in [9.17, 15) is 28.4 Å². The highest BCUT2D eigenvalue weighted by atomic mass is 19.1. The van der Waals surface area contributed by atoms with Crippen molar-refractivity contribution in [2.75, 3.05) is 13.6 Å². The minimum atomic E-state index is -0.903. The molecule has 71 heavy (non-hydrogen) atoms. The van der Waals surface area contributed by atoms with Crippen molar-refractivity contribution < 1.29 is 28.4 Å². The lowest BCUT2D eigenvalue weighted by Gasteiger charge is -2.36. The number of carbonyl (C=O) groups is 5. The van der Waals surface area contributed by atoms with E-state index >= 15 is 0 Å². The van der Waals surface area contributed by atoms with Gasteiger partial charge in [-0.05, 0) is 74.4 Å². The first-order chi connectivity index (χ1) is 34.1. The van der Waals surface area contributed by atoms with Gasteiger partial charge in [-0.15, -0.1) is 0 Å². The van der Waals surface area contributed by atoms with E-state index in [4.69, 9.17) is 0 Å². The Morgan fingerprint density at radius 3 is 2.30 bits per heavy atom. The quantitative estimate of drug-likeness (QED) is 0.0423.